The number of hydrogen-bond donors (Lipinski definition) is 1. The normalized spacial score (nSPS) is 10.1. The fraction of sp³-hybridized carbons (Fsp3) is 0.100. The van der Waals surface area contributed by atoms with Gasteiger partial charge in [-0.05, 0) is 13.0 Å². The zero-order chi connectivity index (χ0) is 11.5. The molecule has 0 aliphatic heterocycles. The van der Waals surface area contributed by atoms with Gasteiger partial charge < -0.3 is 4.42 Å². The molecule has 0 saturated heterocycles. The van der Waals surface area contributed by atoms with Crippen molar-refractivity contribution in [1.82, 2.24) is 9.97 Å². The summed E-state index contributed by atoms with van der Waals surface area (Å²) in [5, 5.41) is 2.34. The maximum absolute atomic E-state index is 13.2. The molecule has 0 spiro atoms. The standard InChI is InChI=1S/C10H8FN3O2/c1-6-5-16-10(13-6)14-9(15)7-2-3-12-4-8(7)11/h2-5H,1H3,(H,13,14,15). The van der Waals surface area contributed by atoms with Crippen molar-refractivity contribution in [1.29, 1.82) is 0 Å². The third-order valence-electron chi connectivity index (χ3n) is 1.86. The lowest BCUT2D eigenvalue weighted by atomic mass is 10.2. The molecule has 2 rings (SSSR count). The largest absolute Gasteiger partial charge is 0.432 e. The second-order valence-electron chi connectivity index (χ2n) is 3.10. The van der Waals surface area contributed by atoms with E-state index in [2.05, 4.69) is 15.3 Å². The van der Waals surface area contributed by atoms with Crippen LogP contribution in [0.2, 0.25) is 0 Å². The topological polar surface area (TPSA) is 68.0 Å². The molecule has 0 atom stereocenters. The number of oxazole rings is 1. The van der Waals surface area contributed by atoms with Gasteiger partial charge in [-0.3, -0.25) is 15.1 Å². The first-order valence-corrected chi connectivity index (χ1v) is 4.50. The molecule has 1 N–H and O–H groups in total. The molecule has 16 heavy (non-hydrogen) atoms. The third-order valence-corrected chi connectivity index (χ3v) is 1.86. The molecule has 0 fully saturated rings. The van der Waals surface area contributed by atoms with Crippen LogP contribution in [0.25, 0.3) is 0 Å². The van der Waals surface area contributed by atoms with Crippen LogP contribution in [0.5, 0.6) is 0 Å². The number of amides is 1. The predicted octanol–water partition coefficient (Wildman–Crippen LogP) is 1.77. The molecule has 0 saturated carbocycles. The number of carbonyl (C=O) groups is 1. The van der Waals surface area contributed by atoms with E-state index >= 15 is 0 Å². The quantitative estimate of drug-likeness (QED) is 0.839. The lowest BCUT2D eigenvalue weighted by Gasteiger charge is -2.00. The number of rotatable bonds is 2. The van der Waals surface area contributed by atoms with E-state index in [1.165, 1.54) is 18.5 Å². The molecule has 0 aliphatic rings. The summed E-state index contributed by atoms with van der Waals surface area (Å²) in [7, 11) is 0. The van der Waals surface area contributed by atoms with Gasteiger partial charge in [0.1, 0.15) is 6.26 Å². The molecule has 2 aromatic heterocycles. The van der Waals surface area contributed by atoms with Crippen LogP contribution in [0.15, 0.2) is 29.1 Å². The lowest BCUT2D eigenvalue weighted by molar-refractivity contribution is 0.102. The molecule has 0 aromatic carbocycles. The van der Waals surface area contributed by atoms with Gasteiger partial charge in [0.2, 0.25) is 0 Å². The van der Waals surface area contributed by atoms with E-state index in [0.717, 1.165) is 6.20 Å². The average molecular weight is 221 g/mol. The second-order valence-corrected chi connectivity index (χ2v) is 3.10. The molecular weight excluding hydrogens is 213 g/mol. The Labute approximate surface area is 90.3 Å². The third kappa shape index (κ3) is 2.05. The van der Waals surface area contributed by atoms with Crippen molar-refractivity contribution in [3.8, 4) is 0 Å². The van der Waals surface area contributed by atoms with Crippen LogP contribution >= 0.6 is 0 Å². The number of nitrogens with zero attached hydrogens (tertiary/aromatic N) is 2. The van der Waals surface area contributed by atoms with Gasteiger partial charge >= 0.3 is 6.01 Å². The Hall–Kier alpha value is -2.24. The summed E-state index contributed by atoms with van der Waals surface area (Å²) in [5.41, 5.74) is 0.524. The number of nitrogens with one attached hydrogen (secondary N) is 1. The fourth-order valence-corrected chi connectivity index (χ4v) is 1.14. The van der Waals surface area contributed by atoms with Crippen molar-refractivity contribution in [2.24, 2.45) is 0 Å². The van der Waals surface area contributed by atoms with Gasteiger partial charge in [-0.15, -0.1) is 0 Å². The van der Waals surface area contributed by atoms with Crippen LogP contribution in [-0.4, -0.2) is 15.9 Å². The highest BCUT2D eigenvalue weighted by Crippen LogP contribution is 2.10. The summed E-state index contributed by atoms with van der Waals surface area (Å²) in [6, 6.07) is 1.32. The van der Waals surface area contributed by atoms with E-state index < -0.39 is 11.7 Å². The highest BCUT2D eigenvalue weighted by Gasteiger charge is 2.13. The SMILES string of the molecule is Cc1coc(NC(=O)c2ccncc2F)n1. The molecule has 1 amide bonds. The maximum atomic E-state index is 13.2. The minimum Gasteiger partial charge on any atom is -0.432 e. The highest BCUT2D eigenvalue weighted by atomic mass is 19.1. The van der Waals surface area contributed by atoms with E-state index in [-0.39, 0.29) is 11.6 Å². The lowest BCUT2D eigenvalue weighted by Crippen LogP contribution is -2.14. The average Bonchev–Trinajstić information content (AvgIpc) is 2.64. The van der Waals surface area contributed by atoms with Gasteiger partial charge in [0.05, 0.1) is 17.5 Å². The van der Waals surface area contributed by atoms with Crippen LogP contribution < -0.4 is 5.32 Å². The van der Waals surface area contributed by atoms with Crippen molar-refractivity contribution in [3.63, 3.8) is 0 Å². The molecular formula is C10H8FN3O2. The smallest absolute Gasteiger partial charge is 0.301 e. The van der Waals surface area contributed by atoms with Crippen molar-refractivity contribution >= 4 is 11.9 Å². The zero-order valence-corrected chi connectivity index (χ0v) is 8.40. The number of hydrogen-bond acceptors (Lipinski definition) is 4. The van der Waals surface area contributed by atoms with Crippen LogP contribution in [-0.2, 0) is 0 Å². The second kappa shape index (κ2) is 4.09. The van der Waals surface area contributed by atoms with E-state index in [0.29, 0.717) is 5.69 Å². The Kier molecular flexibility index (Phi) is 2.63. The minimum atomic E-state index is -0.691. The summed E-state index contributed by atoms with van der Waals surface area (Å²) >= 11 is 0. The first-order chi connectivity index (χ1) is 7.66. The van der Waals surface area contributed by atoms with E-state index in [1.54, 1.807) is 6.92 Å². The molecule has 2 heterocycles. The maximum Gasteiger partial charge on any atom is 0.301 e. The van der Waals surface area contributed by atoms with Crippen molar-refractivity contribution < 1.29 is 13.6 Å². The monoisotopic (exact) mass is 221 g/mol. The number of pyridine rings is 1. The molecule has 82 valence electrons. The summed E-state index contributed by atoms with van der Waals surface area (Å²) in [5.74, 6) is -1.31. The van der Waals surface area contributed by atoms with Crippen LogP contribution in [0.3, 0.4) is 0 Å². The van der Waals surface area contributed by atoms with E-state index in [4.69, 9.17) is 4.42 Å². The summed E-state index contributed by atoms with van der Waals surface area (Å²) in [6.45, 7) is 1.71. The number of carbonyl (C=O) groups excluding carboxylic acids is 1. The molecule has 5 nitrogen and oxygen atoms in total. The number of aryl methyl sites for hydroxylation is 1. The van der Waals surface area contributed by atoms with E-state index in [1.807, 2.05) is 0 Å². The fourth-order valence-electron chi connectivity index (χ4n) is 1.14. The Morgan fingerprint density at radius 3 is 3.00 bits per heavy atom. The first kappa shape index (κ1) is 10.3. The van der Waals surface area contributed by atoms with Crippen molar-refractivity contribution in [2.75, 3.05) is 5.32 Å². The first-order valence-electron chi connectivity index (χ1n) is 4.50. The highest BCUT2D eigenvalue weighted by molar-refractivity contribution is 6.03. The van der Waals surface area contributed by atoms with Crippen LogP contribution in [0.4, 0.5) is 10.4 Å². The Bertz CT molecular complexity index is 524. The van der Waals surface area contributed by atoms with E-state index in [9.17, 15) is 9.18 Å². The number of anilines is 1. The summed E-state index contributed by atoms with van der Waals surface area (Å²) in [6.07, 6.45) is 3.69. The number of aromatic nitrogens is 2. The molecule has 2 aromatic rings. The van der Waals surface area contributed by atoms with Gasteiger partial charge in [-0.2, -0.15) is 4.98 Å². The van der Waals surface area contributed by atoms with Crippen molar-refractivity contribution in [2.45, 2.75) is 6.92 Å². The Morgan fingerprint density at radius 1 is 1.56 bits per heavy atom. The molecule has 0 aliphatic carbocycles. The molecule has 0 bridgehead atoms. The minimum absolute atomic E-state index is 0.0405. The van der Waals surface area contributed by atoms with Gasteiger partial charge in [0.15, 0.2) is 5.82 Å². The molecule has 0 radical (unpaired) electrons. The summed E-state index contributed by atoms with van der Waals surface area (Å²) in [4.78, 5) is 19.0. The molecule has 6 heteroatoms. The Balaban J connectivity index is 2.18. The predicted molar refractivity (Wildman–Crippen MR) is 53.4 cm³/mol. The van der Waals surface area contributed by atoms with Gasteiger partial charge in [-0.1, -0.05) is 0 Å². The number of halogens is 1. The summed E-state index contributed by atoms with van der Waals surface area (Å²) < 4.78 is 18.1. The van der Waals surface area contributed by atoms with Crippen LogP contribution in [0.1, 0.15) is 16.1 Å². The van der Waals surface area contributed by atoms with Crippen molar-refractivity contribution in [3.05, 3.63) is 41.8 Å². The molecule has 0 unspecified atom stereocenters. The van der Waals surface area contributed by atoms with Gasteiger partial charge in [0, 0.05) is 6.20 Å². The van der Waals surface area contributed by atoms with Gasteiger partial charge in [-0.25, -0.2) is 4.39 Å². The van der Waals surface area contributed by atoms with Gasteiger partial charge in [0.25, 0.3) is 5.91 Å². The zero-order valence-electron chi connectivity index (χ0n) is 8.40. The van der Waals surface area contributed by atoms with Crippen LogP contribution in [0, 0.1) is 12.7 Å². The Morgan fingerprint density at radius 2 is 2.38 bits per heavy atom.